The highest BCUT2D eigenvalue weighted by Gasteiger charge is 2.23. The van der Waals surface area contributed by atoms with Gasteiger partial charge in [-0.2, -0.15) is 0 Å². The van der Waals surface area contributed by atoms with Gasteiger partial charge in [0.25, 0.3) is 0 Å². The molecule has 0 fully saturated rings. The number of aliphatic hydroxyl groups is 1. The van der Waals surface area contributed by atoms with E-state index in [0.717, 1.165) is 0 Å². The van der Waals surface area contributed by atoms with Crippen molar-refractivity contribution in [3.05, 3.63) is 18.2 Å². The SMILES string of the molecule is COc1ccc(NC(=O)C(C)N(CCO)C(C)C)c(N)c1. The average molecular weight is 295 g/mol. The summed E-state index contributed by atoms with van der Waals surface area (Å²) in [5, 5.41) is 11.9. The lowest BCUT2D eigenvalue weighted by atomic mass is 10.2. The molecule has 1 atom stereocenters. The molecular formula is C15H25N3O3. The molecule has 1 amide bonds. The van der Waals surface area contributed by atoms with E-state index in [0.29, 0.717) is 23.7 Å². The summed E-state index contributed by atoms with van der Waals surface area (Å²) in [6.45, 7) is 6.25. The van der Waals surface area contributed by atoms with Gasteiger partial charge < -0.3 is 20.9 Å². The van der Waals surface area contributed by atoms with Crippen molar-refractivity contribution in [2.24, 2.45) is 0 Å². The molecule has 0 aliphatic heterocycles. The first-order chi connectivity index (χ1) is 9.90. The Morgan fingerprint density at radius 1 is 1.43 bits per heavy atom. The summed E-state index contributed by atoms with van der Waals surface area (Å²) >= 11 is 0. The van der Waals surface area contributed by atoms with Crippen LogP contribution in [0, 0.1) is 0 Å². The van der Waals surface area contributed by atoms with Crippen LogP contribution in [-0.4, -0.2) is 48.3 Å². The van der Waals surface area contributed by atoms with Gasteiger partial charge in [-0.15, -0.1) is 0 Å². The largest absolute Gasteiger partial charge is 0.497 e. The fourth-order valence-corrected chi connectivity index (χ4v) is 2.18. The molecule has 6 heteroatoms. The van der Waals surface area contributed by atoms with E-state index in [2.05, 4.69) is 5.32 Å². The first-order valence-electron chi connectivity index (χ1n) is 7.01. The summed E-state index contributed by atoms with van der Waals surface area (Å²) in [5.41, 5.74) is 6.90. The third kappa shape index (κ3) is 4.61. The van der Waals surface area contributed by atoms with Gasteiger partial charge in [0.05, 0.1) is 31.1 Å². The molecule has 1 aromatic rings. The molecular weight excluding hydrogens is 270 g/mol. The van der Waals surface area contributed by atoms with Crippen LogP contribution in [0.25, 0.3) is 0 Å². The van der Waals surface area contributed by atoms with Crippen molar-refractivity contribution < 1.29 is 14.6 Å². The first-order valence-corrected chi connectivity index (χ1v) is 7.01. The number of nitrogens with zero attached hydrogens (tertiary/aromatic N) is 1. The molecule has 1 unspecified atom stereocenters. The number of methoxy groups -OCH3 is 1. The van der Waals surface area contributed by atoms with E-state index in [-0.39, 0.29) is 24.6 Å². The van der Waals surface area contributed by atoms with Crippen LogP contribution in [0.15, 0.2) is 18.2 Å². The Hall–Kier alpha value is -1.79. The summed E-state index contributed by atoms with van der Waals surface area (Å²) in [6, 6.07) is 4.91. The molecule has 0 saturated carbocycles. The van der Waals surface area contributed by atoms with Gasteiger partial charge in [0.2, 0.25) is 5.91 Å². The predicted molar refractivity (Wildman–Crippen MR) is 84.4 cm³/mol. The number of anilines is 2. The molecule has 0 saturated heterocycles. The maximum Gasteiger partial charge on any atom is 0.241 e. The number of hydrogen-bond acceptors (Lipinski definition) is 5. The average Bonchev–Trinajstić information content (AvgIpc) is 2.45. The molecule has 0 spiro atoms. The maximum atomic E-state index is 12.3. The second kappa shape index (κ2) is 7.85. The van der Waals surface area contributed by atoms with Crippen LogP contribution in [0.1, 0.15) is 20.8 Å². The van der Waals surface area contributed by atoms with Crippen LogP contribution in [0.2, 0.25) is 0 Å². The van der Waals surface area contributed by atoms with Crippen molar-refractivity contribution >= 4 is 17.3 Å². The minimum Gasteiger partial charge on any atom is -0.497 e. The Morgan fingerprint density at radius 2 is 2.10 bits per heavy atom. The Kier molecular flexibility index (Phi) is 6.45. The van der Waals surface area contributed by atoms with Crippen LogP contribution < -0.4 is 15.8 Å². The van der Waals surface area contributed by atoms with Crippen LogP contribution >= 0.6 is 0 Å². The number of aliphatic hydroxyl groups excluding tert-OH is 1. The fourth-order valence-electron chi connectivity index (χ4n) is 2.18. The highest BCUT2D eigenvalue weighted by Crippen LogP contribution is 2.24. The first kappa shape index (κ1) is 17.3. The summed E-state index contributed by atoms with van der Waals surface area (Å²) in [4.78, 5) is 14.2. The van der Waals surface area contributed by atoms with Gasteiger partial charge in [0.1, 0.15) is 5.75 Å². The minimum absolute atomic E-state index is 0.0144. The van der Waals surface area contributed by atoms with Gasteiger partial charge in [-0.3, -0.25) is 9.69 Å². The van der Waals surface area contributed by atoms with Gasteiger partial charge in [-0.05, 0) is 32.9 Å². The third-order valence-corrected chi connectivity index (χ3v) is 3.42. The normalized spacial score (nSPS) is 12.5. The number of hydrogen-bond donors (Lipinski definition) is 3. The molecule has 0 aliphatic rings. The summed E-state index contributed by atoms with van der Waals surface area (Å²) in [7, 11) is 1.56. The number of nitrogen functional groups attached to an aromatic ring is 1. The van der Waals surface area contributed by atoms with Crippen LogP contribution in [0.3, 0.4) is 0 Å². The van der Waals surface area contributed by atoms with Crippen LogP contribution in [-0.2, 0) is 4.79 Å². The van der Waals surface area contributed by atoms with E-state index in [1.165, 1.54) is 0 Å². The molecule has 1 aromatic carbocycles. The van der Waals surface area contributed by atoms with E-state index >= 15 is 0 Å². The second-order valence-electron chi connectivity index (χ2n) is 5.17. The third-order valence-electron chi connectivity index (χ3n) is 3.42. The standard InChI is InChI=1S/C15H25N3O3/c1-10(2)18(7-8-19)11(3)15(20)17-14-6-5-12(21-4)9-13(14)16/h5-6,9-11,19H,7-8,16H2,1-4H3,(H,17,20). The number of amides is 1. The highest BCUT2D eigenvalue weighted by atomic mass is 16.5. The molecule has 0 heterocycles. The van der Waals surface area contributed by atoms with Gasteiger partial charge in [0.15, 0.2) is 0 Å². The van der Waals surface area contributed by atoms with Crippen molar-refractivity contribution in [2.75, 3.05) is 31.3 Å². The lowest BCUT2D eigenvalue weighted by Crippen LogP contribution is -2.47. The summed E-state index contributed by atoms with van der Waals surface area (Å²) in [6.07, 6.45) is 0. The lowest BCUT2D eigenvalue weighted by molar-refractivity contribution is -0.121. The number of carbonyl (C=O) groups excluding carboxylic acids is 1. The van der Waals surface area contributed by atoms with Gasteiger partial charge in [-0.1, -0.05) is 0 Å². The number of ether oxygens (including phenoxy) is 1. The quantitative estimate of drug-likeness (QED) is 0.660. The number of carbonyl (C=O) groups is 1. The highest BCUT2D eigenvalue weighted by molar-refractivity contribution is 5.97. The van der Waals surface area contributed by atoms with Crippen molar-refractivity contribution in [1.82, 2.24) is 4.90 Å². The van der Waals surface area contributed by atoms with E-state index in [4.69, 9.17) is 15.6 Å². The molecule has 0 aromatic heterocycles. The summed E-state index contributed by atoms with van der Waals surface area (Å²) < 4.78 is 5.08. The predicted octanol–water partition coefficient (Wildman–Crippen LogP) is 1.31. The number of benzene rings is 1. The Bertz CT molecular complexity index is 477. The molecule has 0 bridgehead atoms. The van der Waals surface area contributed by atoms with E-state index < -0.39 is 0 Å². The zero-order chi connectivity index (χ0) is 16.0. The van der Waals surface area contributed by atoms with Crippen molar-refractivity contribution in [3.63, 3.8) is 0 Å². The van der Waals surface area contributed by atoms with E-state index in [1.54, 1.807) is 25.3 Å². The smallest absolute Gasteiger partial charge is 0.241 e. The summed E-state index contributed by atoms with van der Waals surface area (Å²) in [5.74, 6) is 0.483. The number of nitrogens with two attached hydrogens (primary N) is 1. The molecule has 1 rings (SSSR count). The topological polar surface area (TPSA) is 87.8 Å². The van der Waals surface area contributed by atoms with Crippen LogP contribution in [0.4, 0.5) is 11.4 Å². The number of nitrogens with one attached hydrogen (secondary N) is 1. The monoisotopic (exact) mass is 295 g/mol. The minimum atomic E-state index is -0.362. The lowest BCUT2D eigenvalue weighted by Gasteiger charge is -2.31. The zero-order valence-electron chi connectivity index (χ0n) is 13.1. The molecule has 21 heavy (non-hydrogen) atoms. The van der Waals surface area contributed by atoms with Crippen molar-refractivity contribution in [1.29, 1.82) is 0 Å². The van der Waals surface area contributed by atoms with Crippen molar-refractivity contribution in [2.45, 2.75) is 32.9 Å². The van der Waals surface area contributed by atoms with Crippen molar-refractivity contribution in [3.8, 4) is 5.75 Å². The Morgan fingerprint density at radius 3 is 2.57 bits per heavy atom. The molecule has 118 valence electrons. The molecule has 0 radical (unpaired) electrons. The Labute approximate surface area is 125 Å². The number of rotatable bonds is 7. The van der Waals surface area contributed by atoms with Gasteiger partial charge in [0, 0.05) is 18.7 Å². The van der Waals surface area contributed by atoms with Gasteiger partial charge >= 0.3 is 0 Å². The van der Waals surface area contributed by atoms with Gasteiger partial charge in [-0.25, -0.2) is 0 Å². The van der Waals surface area contributed by atoms with E-state index in [9.17, 15) is 4.79 Å². The fraction of sp³-hybridized carbons (Fsp3) is 0.533. The van der Waals surface area contributed by atoms with Crippen LogP contribution in [0.5, 0.6) is 5.75 Å². The molecule has 0 aliphatic carbocycles. The van der Waals surface area contributed by atoms with E-state index in [1.807, 2.05) is 25.7 Å². The Balaban J connectivity index is 2.80. The maximum absolute atomic E-state index is 12.3. The second-order valence-corrected chi connectivity index (χ2v) is 5.17. The molecule has 4 N–H and O–H groups in total. The zero-order valence-corrected chi connectivity index (χ0v) is 13.1. The molecule has 6 nitrogen and oxygen atoms in total.